The van der Waals surface area contributed by atoms with Crippen LogP contribution in [0, 0.1) is 23.3 Å². The monoisotopic (exact) mass is 512 g/mol. The third-order valence-corrected chi connectivity index (χ3v) is 6.83. The van der Waals surface area contributed by atoms with Crippen LogP contribution in [0.5, 0.6) is 5.75 Å². The van der Waals surface area contributed by atoms with Crippen LogP contribution < -0.4 is 4.74 Å². The molecule has 0 saturated carbocycles. The van der Waals surface area contributed by atoms with Gasteiger partial charge in [-0.25, -0.2) is 13.2 Å². The first-order chi connectivity index (χ1) is 17.9. The molecule has 1 fully saturated rings. The smallest absolute Gasteiger partial charge is 0.201 e. The SMILES string of the molecule is CC=CC1CCC(c2ccc(-c3ccc(-c4ccc(OCCCCC)c(F)c4F)cc3)c(F)c2F)CO1. The van der Waals surface area contributed by atoms with Gasteiger partial charge in [0, 0.05) is 17.0 Å². The van der Waals surface area contributed by atoms with Gasteiger partial charge in [0.15, 0.2) is 23.2 Å². The molecular weight excluding hydrogens is 480 g/mol. The zero-order chi connectivity index (χ0) is 26.4. The second kappa shape index (κ2) is 12.4. The van der Waals surface area contributed by atoms with Gasteiger partial charge in [-0.05, 0) is 55.0 Å². The summed E-state index contributed by atoms with van der Waals surface area (Å²) in [5.74, 6) is -4.17. The lowest BCUT2D eigenvalue weighted by molar-refractivity contribution is 0.0317. The van der Waals surface area contributed by atoms with E-state index in [0.717, 1.165) is 25.7 Å². The quantitative estimate of drug-likeness (QED) is 0.162. The molecule has 196 valence electrons. The molecule has 0 aromatic heterocycles. The summed E-state index contributed by atoms with van der Waals surface area (Å²) in [5.41, 5.74) is 1.35. The Morgan fingerprint density at radius 3 is 2.05 bits per heavy atom. The molecule has 0 spiro atoms. The molecule has 3 aromatic rings. The first-order valence-electron chi connectivity index (χ1n) is 12.9. The van der Waals surface area contributed by atoms with Crippen LogP contribution in [0.1, 0.15) is 57.4 Å². The highest BCUT2D eigenvalue weighted by molar-refractivity contribution is 5.72. The van der Waals surface area contributed by atoms with Crippen LogP contribution in [-0.2, 0) is 4.74 Å². The second-order valence-electron chi connectivity index (χ2n) is 9.37. The van der Waals surface area contributed by atoms with E-state index in [1.807, 2.05) is 26.0 Å². The molecule has 0 amide bonds. The van der Waals surface area contributed by atoms with E-state index in [1.165, 1.54) is 12.1 Å². The summed E-state index contributed by atoms with van der Waals surface area (Å²) in [4.78, 5) is 0. The highest BCUT2D eigenvalue weighted by atomic mass is 19.2. The second-order valence-corrected chi connectivity index (χ2v) is 9.37. The zero-order valence-electron chi connectivity index (χ0n) is 21.2. The summed E-state index contributed by atoms with van der Waals surface area (Å²) in [6.45, 7) is 4.63. The number of unbranched alkanes of at least 4 members (excludes halogenated alkanes) is 2. The molecule has 37 heavy (non-hydrogen) atoms. The van der Waals surface area contributed by atoms with E-state index in [1.54, 1.807) is 36.4 Å². The topological polar surface area (TPSA) is 18.5 Å². The molecule has 2 atom stereocenters. The molecule has 0 aliphatic carbocycles. The summed E-state index contributed by atoms with van der Waals surface area (Å²) in [6, 6.07) is 12.3. The molecule has 0 radical (unpaired) electrons. The lowest BCUT2D eigenvalue weighted by Gasteiger charge is -2.28. The van der Waals surface area contributed by atoms with Gasteiger partial charge in [-0.1, -0.05) is 68.3 Å². The van der Waals surface area contributed by atoms with Crippen molar-refractivity contribution in [1.29, 1.82) is 0 Å². The third kappa shape index (κ3) is 6.07. The predicted octanol–water partition coefficient (Wildman–Crippen LogP) is 8.98. The minimum atomic E-state index is -1.04. The maximum atomic E-state index is 15.1. The Morgan fingerprint density at radius 1 is 0.811 bits per heavy atom. The minimum Gasteiger partial charge on any atom is -0.490 e. The van der Waals surface area contributed by atoms with Crippen LogP contribution in [0.15, 0.2) is 60.7 Å². The van der Waals surface area contributed by atoms with Crippen molar-refractivity contribution < 1.29 is 27.0 Å². The van der Waals surface area contributed by atoms with Gasteiger partial charge in [-0.2, -0.15) is 4.39 Å². The number of rotatable bonds is 9. The van der Waals surface area contributed by atoms with E-state index in [4.69, 9.17) is 9.47 Å². The summed E-state index contributed by atoms with van der Waals surface area (Å²) in [7, 11) is 0. The van der Waals surface area contributed by atoms with Gasteiger partial charge in [0.2, 0.25) is 5.82 Å². The molecule has 1 aliphatic heterocycles. The van der Waals surface area contributed by atoms with Gasteiger partial charge in [0.25, 0.3) is 0 Å². The van der Waals surface area contributed by atoms with Crippen molar-refractivity contribution in [1.82, 2.24) is 0 Å². The maximum Gasteiger partial charge on any atom is 0.201 e. The van der Waals surface area contributed by atoms with Crippen LogP contribution in [-0.4, -0.2) is 19.3 Å². The van der Waals surface area contributed by atoms with E-state index in [9.17, 15) is 8.78 Å². The van der Waals surface area contributed by atoms with E-state index in [2.05, 4.69) is 0 Å². The van der Waals surface area contributed by atoms with Crippen LogP contribution in [0.2, 0.25) is 0 Å². The fourth-order valence-corrected chi connectivity index (χ4v) is 4.72. The summed E-state index contributed by atoms with van der Waals surface area (Å²) < 4.78 is 70.6. The van der Waals surface area contributed by atoms with Crippen molar-refractivity contribution in [3.05, 3.63) is 89.5 Å². The molecular formula is C31H32F4O2. The molecule has 1 aliphatic rings. The molecule has 3 aromatic carbocycles. The van der Waals surface area contributed by atoms with Crippen LogP contribution >= 0.6 is 0 Å². The number of hydrogen-bond donors (Lipinski definition) is 0. The van der Waals surface area contributed by atoms with Crippen LogP contribution in [0.25, 0.3) is 22.3 Å². The highest BCUT2D eigenvalue weighted by Gasteiger charge is 2.26. The largest absolute Gasteiger partial charge is 0.490 e. The fraction of sp³-hybridized carbons (Fsp3) is 0.355. The molecule has 2 nitrogen and oxygen atoms in total. The van der Waals surface area contributed by atoms with Crippen molar-refractivity contribution in [3.8, 4) is 28.0 Å². The number of halogens is 4. The molecule has 0 bridgehead atoms. The Labute approximate surface area is 215 Å². The van der Waals surface area contributed by atoms with Crippen LogP contribution in [0.3, 0.4) is 0 Å². The van der Waals surface area contributed by atoms with Crippen LogP contribution in [0.4, 0.5) is 17.6 Å². The number of ether oxygens (including phenoxy) is 2. The zero-order valence-corrected chi connectivity index (χ0v) is 21.2. The lowest BCUT2D eigenvalue weighted by Crippen LogP contribution is -2.24. The summed E-state index contributed by atoms with van der Waals surface area (Å²) in [5, 5.41) is 0. The van der Waals surface area contributed by atoms with Crippen molar-refractivity contribution >= 4 is 0 Å². The molecule has 4 rings (SSSR count). The molecule has 0 N–H and O–H groups in total. The molecule has 2 unspecified atom stereocenters. The number of allylic oxidation sites excluding steroid dienone is 1. The van der Waals surface area contributed by atoms with Gasteiger partial charge in [-0.3, -0.25) is 0 Å². The Kier molecular flexibility index (Phi) is 9.04. The molecule has 1 saturated heterocycles. The van der Waals surface area contributed by atoms with Crippen molar-refractivity contribution in [3.63, 3.8) is 0 Å². The van der Waals surface area contributed by atoms with E-state index in [0.29, 0.717) is 36.3 Å². The van der Waals surface area contributed by atoms with Crippen molar-refractivity contribution in [2.45, 2.75) is 58.0 Å². The van der Waals surface area contributed by atoms with Gasteiger partial charge >= 0.3 is 0 Å². The van der Waals surface area contributed by atoms with Crippen molar-refractivity contribution in [2.75, 3.05) is 13.2 Å². The molecule has 6 heteroatoms. The normalized spacial score (nSPS) is 17.9. The molecule has 1 heterocycles. The van der Waals surface area contributed by atoms with E-state index >= 15 is 8.78 Å². The fourth-order valence-electron chi connectivity index (χ4n) is 4.72. The standard InChI is InChI=1S/C31H32F4O2/c1-3-5-6-18-36-27-17-16-25(30(34)31(27)35)21-10-8-20(9-11-21)24-14-15-26(29(33)28(24)32)22-12-13-23(7-4-2)37-19-22/h4,7-11,14-17,22-23H,3,5-6,12-13,18-19H2,1-2H3. The van der Waals surface area contributed by atoms with E-state index < -0.39 is 23.3 Å². The van der Waals surface area contributed by atoms with E-state index in [-0.39, 0.29) is 28.9 Å². The summed E-state index contributed by atoms with van der Waals surface area (Å²) in [6.07, 6.45) is 8.10. The predicted molar refractivity (Wildman–Crippen MR) is 139 cm³/mol. The highest BCUT2D eigenvalue weighted by Crippen LogP contribution is 2.36. The maximum absolute atomic E-state index is 15.1. The Bertz CT molecular complexity index is 1230. The van der Waals surface area contributed by atoms with Gasteiger partial charge in [0.1, 0.15) is 0 Å². The Hall–Kier alpha value is -3.12. The lowest BCUT2D eigenvalue weighted by atomic mass is 9.89. The average molecular weight is 513 g/mol. The minimum absolute atomic E-state index is 0.0137. The number of hydrogen-bond acceptors (Lipinski definition) is 2. The Morgan fingerprint density at radius 2 is 1.46 bits per heavy atom. The average Bonchev–Trinajstić information content (AvgIpc) is 2.91. The Balaban J connectivity index is 1.50. The van der Waals surface area contributed by atoms with Crippen molar-refractivity contribution in [2.24, 2.45) is 0 Å². The summed E-state index contributed by atoms with van der Waals surface area (Å²) >= 11 is 0. The first-order valence-corrected chi connectivity index (χ1v) is 12.9. The first kappa shape index (κ1) is 26.9. The number of benzene rings is 3. The van der Waals surface area contributed by atoms with Gasteiger partial charge in [-0.15, -0.1) is 0 Å². The third-order valence-electron chi connectivity index (χ3n) is 6.83. The van der Waals surface area contributed by atoms with Gasteiger partial charge in [0.05, 0.1) is 19.3 Å². The van der Waals surface area contributed by atoms with Gasteiger partial charge < -0.3 is 9.47 Å².